The van der Waals surface area contributed by atoms with Gasteiger partial charge in [0.25, 0.3) is 0 Å². The van der Waals surface area contributed by atoms with Crippen LogP contribution >= 0.6 is 22.6 Å². The van der Waals surface area contributed by atoms with Crippen LogP contribution in [0.15, 0.2) is 53.1 Å². The first kappa shape index (κ1) is 30.0. The number of ether oxygens (including phenoxy) is 2. The molecule has 2 aliphatic carbocycles. The van der Waals surface area contributed by atoms with Crippen LogP contribution in [0.3, 0.4) is 0 Å². The second-order valence-corrected chi connectivity index (χ2v) is 12.3. The van der Waals surface area contributed by atoms with Gasteiger partial charge in [0.05, 0.1) is 23.4 Å². The van der Waals surface area contributed by atoms with Gasteiger partial charge in [-0.15, -0.1) is 0 Å². The number of hydrogen-bond acceptors (Lipinski definition) is 7. The molecule has 1 heterocycles. The van der Waals surface area contributed by atoms with E-state index in [0.717, 1.165) is 36.0 Å². The van der Waals surface area contributed by atoms with Gasteiger partial charge in [-0.05, 0) is 89.4 Å². The summed E-state index contributed by atoms with van der Waals surface area (Å²) < 4.78 is 17.8. The summed E-state index contributed by atoms with van der Waals surface area (Å²) in [7, 11) is 2.16. The largest absolute Gasteiger partial charge is 0.504 e. The first-order valence-electron chi connectivity index (χ1n) is 14.2. The Bertz CT molecular complexity index is 1400. The zero-order chi connectivity index (χ0) is 29.3. The SMILES string of the molecule is CCC/C(=C\c1cc(I)c(O)c(OC)c1)CC[C@H]1OB(O)C[C@H]2C1=C(COC)C[C@H]1C(=O)c3ccccc3C(=O)[C@H]12. The fourth-order valence-electron chi connectivity index (χ4n) is 6.95. The molecule has 0 unspecified atom stereocenters. The third kappa shape index (κ3) is 5.91. The fraction of sp³-hybridized carbons (Fsp3) is 0.438. The van der Waals surface area contributed by atoms with Crippen molar-refractivity contribution in [2.45, 2.75) is 51.5 Å². The van der Waals surface area contributed by atoms with E-state index in [0.29, 0.717) is 39.9 Å². The molecule has 41 heavy (non-hydrogen) atoms. The normalized spacial score (nSPS) is 24.2. The lowest BCUT2D eigenvalue weighted by atomic mass is 9.54. The molecule has 4 atom stereocenters. The fourth-order valence-corrected chi connectivity index (χ4v) is 7.58. The van der Waals surface area contributed by atoms with E-state index in [-0.39, 0.29) is 35.7 Å². The van der Waals surface area contributed by atoms with Gasteiger partial charge in [-0.2, -0.15) is 0 Å². The summed E-state index contributed by atoms with van der Waals surface area (Å²) in [5.74, 6) is -0.693. The van der Waals surface area contributed by atoms with Crippen LogP contribution in [0.4, 0.5) is 0 Å². The van der Waals surface area contributed by atoms with Crippen LogP contribution in [0.5, 0.6) is 11.5 Å². The van der Waals surface area contributed by atoms with Crippen LogP contribution < -0.4 is 4.74 Å². The van der Waals surface area contributed by atoms with Gasteiger partial charge in [-0.1, -0.05) is 49.3 Å². The predicted molar refractivity (Wildman–Crippen MR) is 166 cm³/mol. The highest BCUT2D eigenvalue weighted by atomic mass is 127. The molecular weight excluding hydrogens is 634 g/mol. The lowest BCUT2D eigenvalue weighted by molar-refractivity contribution is 0.0584. The molecule has 0 bridgehead atoms. The van der Waals surface area contributed by atoms with Crippen molar-refractivity contribution in [1.82, 2.24) is 0 Å². The Morgan fingerprint density at radius 2 is 1.85 bits per heavy atom. The highest BCUT2D eigenvalue weighted by molar-refractivity contribution is 14.1. The number of rotatable bonds is 9. The van der Waals surface area contributed by atoms with Crippen molar-refractivity contribution < 1.29 is 33.8 Å². The number of carbonyl (C=O) groups is 2. The van der Waals surface area contributed by atoms with Gasteiger partial charge in [0.1, 0.15) is 0 Å². The van der Waals surface area contributed by atoms with Crippen LogP contribution in [0.25, 0.3) is 6.08 Å². The second kappa shape index (κ2) is 12.8. The smallest absolute Gasteiger partial charge is 0.455 e. The highest BCUT2D eigenvalue weighted by Crippen LogP contribution is 2.51. The average Bonchev–Trinajstić information content (AvgIpc) is 2.96. The van der Waals surface area contributed by atoms with Gasteiger partial charge in [0.15, 0.2) is 23.1 Å². The quantitative estimate of drug-likeness (QED) is 0.188. The molecule has 5 rings (SSSR count). The molecule has 0 saturated carbocycles. The Kier molecular flexibility index (Phi) is 9.38. The van der Waals surface area contributed by atoms with E-state index in [2.05, 4.69) is 35.6 Å². The predicted octanol–water partition coefficient (Wildman–Crippen LogP) is 6.12. The number of allylic oxidation sites excluding steroid dienone is 1. The minimum atomic E-state index is -1.02. The topological polar surface area (TPSA) is 102 Å². The van der Waals surface area contributed by atoms with Crippen LogP contribution in [0.2, 0.25) is 6.32 Å². The number of benzene rings is 2. The molecule has 1 aliphatic heterocycles. The van der Waals surface area contributed by atoms with Crippen molar-refractivity contribution in [3.63, 3.8) is 0 Å². The number of carbonyl (C=O) groups excluding carboxylic acids is 2. The van der Waals surface area contributed by atoms with Crippen molar-refractivity contribution >= 4 is 47.4 Å². The zero-order valence-corrected chi connectivity index (χ0v) is 25.8. The Morgan fingerprint density at radius 1 is 1.12 bits per heavy atom. The summed E-state index contributed by atoms with van der Waals surface area (Å²) in [6, 6.07) is 10.8. The van der Waals surface area contributed by atoms with E-state index in [1.807, 2.05) is 12.1 Å². The number of phenols is 1. The molecule has 9 heteroatoms. The lowest BCUT2D eigenvalue weighted by Gasteiger charge is -2.47. The van der Waals surface area contributed by atoms with Gasteiger partial charge in [0, 0.05) is 30.1 Å². The van der Waals surface area contributed by atoms with E-state index in [1.165, 1.54) is 12.7 Å². The third-order valence-electron chi connectivity index (χ3n) is 8.62. The van der Waals surface area contributed by atoms with E-state index < -0.39 is 19.0 Å². The van der Waals surface area contributed by atoms with E-state index in [1.54, 1.807) is 31.4 Å². The summed E-state index contributed by atoms with van der Waals surface area (Å²) in [6.07, 6.45) is 5.70. The molecule has 0 spiro atoms. The first-order chi connectivity index (χ1) is 19.8. The maximum absolute atomic E-state index is 13.8. The number of ketones is 2. The number of phenolic OH excluding ortho intramolecular Hbond substituents is 1. The van der Waals surface area contributed by atoms with Crippen LogP contribution in [0.1, 0.15) is 65.3 Å². The number of aromatic hydroxyl groups is 1. The number of methoxy groups -OCH3 is 2. The van der Waals surface area contributed by atoms with Crippen molar-refractivity contribution in [2.75, 3.05) is 20.8 Å². The molecule has 2 aromatic carbocycles. The van der Waals surface area contributed by atoms with E-state index in [4.69, 9.17) is 14.1 Å². The number of fused-ring (bicyclic) bond motifs is 4. The van der Waals surface area contributed by atoms with Gasteiger partial charge in [-0.3, -0.25) is 9.59 Å². The monoisotopic (exact) mass is 670 g/mol. The van der Waals surface area contributed by atoms with Crippen LogP contribution in [-0.4, -0.2) is 55.7 Å². The second-order valence-electron chi connectivity index (χ2n) is 11.2. The van der Waals surface area contributed by atoms with Crippen molar-refractivity contribution in [2.24, 2.45) is 17.8 Å². The Hall–Kier alpha value is -2.47. The first-order valence-corrected chi connectivity index (χ1v) is 15.3. The number of hydrogen-bond donors (Lipinski definition) is 2. The third-order valence-corrected chi connectivity index (χ3v) is 9.44. The summed E-state index contributed by atoms with van der Waals surface area (Å²) in [4.78, 5) is 27.4. The molecule has 1 saturated heterocycles. The molecule has 2 N–H and O–H groups in total. The zero-order valence-electron chi connectivity index (χ0n) is 23.7. The van der Waals surface area contributed by atoms with E-state index in [9.17, 15) is 19.7 Å². The molecule has 0 aromatic heterocycles. The van der Waals surface area contributed by atoms with Gasteiger partial charge >= 0.3 is 7.12 Å². The molecule has 0 radical (unpaired) electrons. The Balaban J connectivity index is 1.47. The molecular formula is C32H36BIO7. The summed E-state index contributed by atoms with van der Waals surface area (Å²) >= 11 is 2.10. The number of Topliss-reactive ketones (excluding diaryl/α,β-unsaturated/α-hetero) is 2. The molecule has 0 amide bonds. The highest BCUT2D eigenvalue weighted by Gasteiger charge is 2.53. The summed E-state index contributed by atoms with van der Waals surface area (Å²) in [5, 5.41) is 21.1. The molecule has 7 nitrogen and oxygen atoms in total. The van der Waals surface area contributed by atoms with Gasteiger partial charge in [0.2, 0.25) is 0 Å². The molecule has 1 fully saturated rings. The van der Waals surface area contributed by atoms with Crippen molar-refractivity contribution in [3.05, 3.63) is 73.4 Å². The van der Waals surface area contributed by atoms with Crippen molar-refractivity contribution in [1.29, 1.82) is 0 Å². The standard InChI is InChI=1S/C32H36BIO7/c1-4-7-18(12-19-13-25(34)32(37)27(14-19)40-3)10-11-26-28-20(17-39-2)15-23-29(24(28)16-33(38)41-26)31(36)22-9-6-5-8-21(22)30(23)35/h5-6,8-9,12-14,23-24,26,29,37-38H,4,7,10-11,15-17H2,1-3H3/b18-12+/t23-,24+,26-,29-/m1/s1. The van der Waals surface area contributed by atoms with E-state index >= 15 is 0 Å². The lowest BCUT2D eigenvalue weighted by Crippen LogP contribution is -2.51. The number of halogens is 1. The summed E-state index contributed by atoms with van der Waals surface area (Å²) in [5.41, 5.74) is 5.18. The summed E-state index contributed by atoms with van der Waals surface area (Å²) in [6.45, 7) is 2.49. The maximum atomic E-state index is 13.8. The Morgan fingerprint density at radius 3 is 2.54 bits per heavy atom. The average molecular weight is 670 g/mol. The molecule has 2 aromatic rings. The maximum Gasteiger partial charge on any atom is 0.455 e. The van der Waals surface area contributed by atoms with Gasteiger partial charge in [-0.25, -0.2) is 0 Å². The minimum absolute atomic E-state index is 0.00232. The molecule has 3 aliphatic rings. The molecule has 216 valence electrons. The van der Waals surface area contributed by atoms with Crippen LogP contribution in [-0.2, 0) is 9.39 Å². The van der Waals surface area contributed by atoms with Gasteiger partial charge < -0.3 is 24.3 Å². The van der Waals surface area contributed by atoms with Crippen LogP contribution in [0, 0.1) is 21.3 Å². The minimum Gasteiger partial charge on any atom is -0.504 e. The van der Waals surface area contributed by atoms with Crippen molar-refractivity contribution in [3.8, 4) is 11.5 Å². The Labute approximate surface area is 255 Å².